The summed E-state index contributed by atoms with van der Waals surface area (Å²) >= 11 is 0. The van der Waals surface area contributed by atoms with Crippen molar-refractivity contribution in [2.24, 2.45) is 0 Å². The van der Waals surface area contributed by atoms with Crippen molar-refractivity contribution in [1.29, 1.82) is 5.41 Å². The topological polar surface area (TPSA) is 98.0 Å². The van der Waals surface area contributed by atoms with Crippen molar-refractivity contribution in [1.82, 2.24) is 19.5 Å². The first kappa shape index (κ1) is 25.0. The standard InChI is InChI=1S/C28H32FN5O3/c1-18(15-36-16-20-6-5-7-21(29)12-20)27-32-25-26(30)31-17-34(28(25)33-27)14-19-10-11-23(35-2)24(13-19)37-22-8-3-4-9-22/h5-7,10-13,17-18,22,30H,3-4,8-9,14-16H2,1-2H3,(H,32,33). The van der Waals surface area contributed by atoms with Crippen LogP contribution in [0.3, 0.4) is 0 Å². The molecular weight excluding hydrogens is 473 g/mol. The molecule has 37 heavy (non-hydrogen) atoms. The molecule has 194 valence electrons. The van der Waals surface area contributed by atoms with Crippen LogP contribution in [0.1, 0.15) is 55.5 Å². The highest BCUT2D eigenvalue weighted by atomic mass is 19.1. The van der Waals surface area contributed by atoms with Gasteiger partial charge in [0, 0.05) is 5.92 Å². The number of imidazole rings is 1. The van der Waals surface area contributed by atoms with Gasteiger partial charge in [-0.1, -0.05) is 25.1 Å². The number of H-pyrrole nitrogens is 1. The van der Waals surface area contributed by atoms with Gasteiger partial charge >= 0.3 is 0 Å². The van der Waals surface area contributed by atoms with Crippen molar-refractivity contribution in [3.63, 3.8) is 0 Å². The van der Waals surface area contributed by atoms with Crippen LogP contribution < -0.4 is 15.0 Å². The molecule has 0 spiro atoms. The van der Waals surface area contributed by atoms with Gasteiger partial charge in [0.2, 0.25) is 0 Å². The molecule has 2 aromatic heterocycles. The van der Waals surface area contributed by atoms with E-state index in [1.54, 1.807) is 19.5 Å². The van der Waals surface area contributed by atoms with Crippen molar-refractivity contribution in [3.05, 3.63) is 77.0 Å². The second-order valence-electron chi connectivity index (χ2n) is 9.60. The van der Waals surface area contributed by atoms with Gasteiger partial charge in [-0.05, 0) is 61.1 Å². The zero-order chi connectivity index (χ0) is 25.8. The molecule has 4 aromatic rings. The van der Waals surface area contributed by atoms with Crippen LogP contribution in [0.2, 0.25) is 0 Å². The van der Waals surface area contributed by atoms with E-state index in [1.165, 1.54) is 25.0 Å². The van der Waals surface area contributed by atoms with Crippen LogP contribution in [-0.2, 0) is 17.9 Å². The van der Waals surface area contributed by atoms with Gasteiger partial charge in [0.1, 0.15) is 17.2 Å². The number of aromatic nitrogens is 4. The van der Waals surface area contributed by atoms with E-state index >= 15 is 0 Å². The molecule has 1 atom stereocenters. The van der Waals surface area contributed by atoms with Gasteiger partial charge in [-0.15, -0.1) is 0 Å². The minimum atomic E-state index is -0.277. The second-order valence-corrected chi connectivity index (χ2v) is 9.60. The Morgan fingerprint density at radius 3 is 2.76 bits per heavy atom. The summed E-state index contributed by atoms with van der Waals surface area (Å²) in [6, 6.07) is 12.3. The number of ether oxygens (including phenoxy) is 3. The molecule has 0 radical (unpaired) electrons. The van der Waals surface area contributed by atoms with Gasteiger partial charge in [0.25, 0.3) is 0 Å². The van der Waals surface area contributed by atoms with E-state index in [4.69, 9.17) is 24.6 Å². The van der Waals surface area contributed by atoms with E-state index in [2.05, 4.69) is 9.97 Å². The van der Waals surface area contributed by atoms with Crippen molar-refractivity contribution in [2.75, 3.05) is 13.7 Å². The lowest BCUT2D eigenvalue weighted by molar-refractivity contribution is 0.109. The predicted octanol–water partition coefficient (Wildman–Crippen LogP) is 5.08. The summed E-state index contributed by atoms with van der Waals surface area (Å²) in [6.45, 7) is 3.23. The molecule has 2 N–H and O–H groups in total. The normalized spacial score (nSPS) is 14.8. The Labute approximate surface area is 215 Å². The summed E-state index contributed by atoms with van der Waals surface area (Å²) in [5.74, 6) is 1.85. The number of rotatable bonds is 10. The first-order valence-electron chi connectivity index (χ1n) is 12.7. The third kappa shape index (κ3) is 5.83. The monoisotopic (exact) mass is 505 g/mol. The van der Waals surface area contributed by atoms with Gasteiger partial charge in [-0.3, -0.25) is 5.41 Å². The van der Waals surface area contributed by atoms with E-state index < -0.39 is 0 Å². The molecule has 0 saturated heterocycles. The number of benzene rings is 2. The molecule has 2 aromatic carbocycles. The number of hydrogen-bond acceptors (Lipinski definition) is 6. The quantitative estimate of drug-likeness (QED) is 0.313. The Morgan fingerprint density at radius 1 is 1.14 bits per heavy atom. The average molecular weight is 506 g/mol. The summed E-state index contributed by atoms with van der Waals surface area (Å²) in [6.07, 6.45) is 6.40. The molecule has 1 aliphatic rings. The average Bonchev–Trinajstić information content (AvgIpc) is 3.57. The first-order valence-corrected chi connectivity index (χ1v) is 12.7. The van der Waals surface area contributed by atoms with Gasteiger partial charge in [0.05, 0.1) is 39.3 Å². The predicted molar refractivity (Wildman–Crippen MR) is 137 cm³/mol. The van der Waals surface area contributed by atoms with Gasteiger partial charge in [-0.25, -0.2) is 14.4 Å². The Kier molecular flexibility index (Phi) is 7.50. The van der Waals surface area contributed by atoms with Crippen molar-refractivity contribution < 1.29 is 18.6 Å². The Balaban J connectivity index is 1.33. The highest BCUT2D eigenvalue weighted by Crippen LogP contribution is 2.33. The number of methoxy groups -OCH3 is 1. The lowest BCUT2D eigenvalue weighted by atomic mass is 10.2. The highest BCUT2D eigenvalue weighted by molar-refractivity contribution is 5.69. The molecule has 1 saturated carbocycles. The molecule has 0 aliphatic heterocycles. The van der Waals surface area contributed by atoms with Crippen LogP contribution in [0.25, 0.3) is 11.2 Å². The SMILES string of the molecule is COc1ccc(Cn2cnc(=N)c3[nH]c(C(C)COCc4cccc(F)c4)nc32)cc1OC1CCCC1. The summed E-state index contributed by atoms with van der Waals surface area (Å²) in [5, 5.41) is 8.28. The summed E-state index contributed by atoms with van der Waals surface area (Å²) in [4.78, 5) is 12.3. The minimum absolute atomic E-state index is 0.0544. The van der Waals surface area contributed by atoms with Gasteiger partial charge in [-0.2, -0.15) is 0 Å². The Morgan fingerprint density at radius 2 is 1.97 bits per heavy atom. The molecule has 2 heterocycles. The number of nitrogens with one attached hydrogen (secondary N) is 2. The van der Waals surface area contributed by atoms with Crippen LogP contribution in [0, 0.1) is 11.2 Å². The molecule has 8 nitrogen and oxygen atoms in total. The molecule has 1 aliphatic carbocycles. The number of halogens is 1. The third-order valence-electron chi connectivity index (χ3n) is 6.71. The molecule has 1 fully saturated rings. The van der Waals surface area contributed by atoms with Crippen LogP contribution in [0.4, 0.5) is 4.39 Å². The molecule has 5 rings (SSSR count). The van der Waals surface area contributed by atoms with E-state index in [-0.39, 0.29) is 23.3 Å². The zero-order valence-electron chi connectivity index (χ0n) is 21.2. The lowest BCUT2D eigenvalue weighted by Gasteiger charge is -2.17. The van der Waals surface area contributed by atoms with Crippen molar-refractivity contribution in [2.45, 2.75) is 57.8 Å². The van der Waals surface area contributed by atoms with E-state index in [0.717, 1.165) is 35.5 Å². The van der Waals surface area contributed by atoms with Crippen LogP contribution in [0.15, 0.2) is 48.8 Å². The number of fused-ring (bicyclic) bond motifs is 1. The fourth-order valence-corrected chi connectivity index (χ4v) is 4.70. The highest BCUT2D eigenvalue weighted by Gasteiger charge is 2.19. The maximum Gasteiger partial charge on any atom is 0.173 e. The van der Waals surface area contributed by atoms with Crippen molar-refractivity contribution in [3.8, 4) is 11.5 Å². The van der Waals surface area contributed by atoms with Gasteiger partial charge in [0.15, 0.2) is 22.6 Å². The maximum absolute atomic E-state index is 13.4. The largest absolute Gasteiger partial charge is 0.493 e. The minimum Gasteiger partial charge on any atom is -0.493 e. The molecule has 1 unspecified atom stereocenters. The number of hydrogen-bond donors (Lipinski definition) is 2. The smallest absolute Gasteiger partial charge is 0.173 e. The summed E-state index contributed by atoms with van der Waals surface area (Å²) < 4.78 is 32.9. The number of nitrogens with zero attached hydrogens (tertiary/aromatic N) is 3. The van der Waals surface area contributed by atoms with Crippen LogP contribution in [-0.4, -0.2) is 39.3 Å². The number of aromatic amines is 1. The van der Waals surface area contributed by atoms with E-state index in [1.807, 2.05) is 35.8 Å². The zero-order valence-corrected chi connectivity index (χ0v) is 21.2. The Hall–Kier alpha value is -3.72. The molecular formula is C28H32FN5O3. The lowest BCUT2D eigenvalue weighted by Crippen LogP contribution is -2.14. The van der Waals surface area contributed by atoms with Crippen LogP contribution >= 0.6 is 0 Å². The molecule has 0 amide bonds. The molecule has 9 heteroatoms. The summed E-state index contributed by atoms with van der Waals surface area (Å²) in [7, 11) is 1.65. The Bertz CT molecular complexity index is 1430. The maximum atomic E-state index is 13.4. The fourth-order valence-electron chi connectivity index (χ4n) is 4.70. The molecule has 0 bridgehead atoms. The van der Waals surface area contributed by atoms with E-state index in [9.17, 15) is 4.39 Å². The summed E-state index contributed by atoms with van der Waals surface area (Å²) in [5.41, 5.74) is 3.17. The van der Waals surface area contributed by atoms with E-state index in [0.29, 0.717) is 36.7 Å². The van der Waals surface area contributed by atoms with Crippen LogP contribution in [0.5, 0.6) is 11.5 Å². The van der Waals surface area contributed by atoms with Gasteiger partial charge < -0.3 is 23.8 Å². The third-order valence-corrected chi connectivity index (χ3v) is 6.71. The second kappa shape index (κ2) is 11.1. The van der Waals surface area contributed by atoms with Crippen molar-refractivity contribution >= 4 is 11.2 Å². The fraction of sp³-hybridized carbons (Fsp3) is 0.393. The first-order chi connectivity index (χ1) is 18.0.